The van der Waals surface area contributed by atoms with Crippen LogP contribution in [0.4, 0.5) is 4.39 Å². The monoisotopic (exact) mass is 294 g/mol. The molecule has 1 fully saturated rings. The Bertz CT molecular complexity index is 535. The van der Waals surface area contributed by atoms with E-state index in [1.807, 2.05) is 6.92 Å². The molecule has 1 aliphatic heterocycles. The molecule has 1 aromatic rings. The molecule has 114 valence electrons. The minimum Gasteiger partial charge on any atom is -0.356 e. The molecule has 2 rings (SSSR count). The molecule has 2 unspecified atom stereocenters. The van der Waals surface area contributed by atoms with Gasteiger partial charge in [-0.1, -0.05) is 19.1 Å². The molecule has 1 saturated heterocycles. The fourth-order valence-corrected chi connectivity index (χ4v) is 2.37. The lowest BCUT2D eigenvalue weighted by Crippen LogP contribution is -2.53. The van der Waals surface area contributed by atoms with E-state index in [-0.39, 0.29) is 18.4 Å². The number of hydrogen-bond acceptors (Lipinski definition) is 3. The molecular weight excluding hydrogens is 275 g/mol. The Kier molecular flexibility index (Phi) is 4.90. The number of amides is 2. The summed E-state index contributed by atoms with van der Waals surface area (Å²) in [5, 5.41) is 2.76. The number of nitrogens with zero attached hydrogens (tertiary/aromatic N) is 1. The van der Waals surface area contributed by atoms with Gasteiger partial charge in [-0.15, -0.1) is 0 Å². The molecule has 0 radical (unpaired) electrons. The van der Waals surface area contributed by atoms with Crippen LogP contribution in [0.1, 0.15) is 24.9 Å². The third-order valence-electron chi connectivity index (χ3n) is 3.48. The van der Waals surface area contributed by atoms with Crippen molar-refractivity contribution >= 4 is 11.8 Å². The Morgan fingerprint density at radius 2 is 2.29 bits per heavy atom. The van der Waals surface area contributed by atoms with Crippen molar-refractivity contribution < 1.29 is 18.7 Å². The highest BCUT2D eigenvalue weighted by atomic mass is 19.1. The first-order chi connectivity index (χ1) is 10.0. The lowest BCUT2D eigenvalue weighted by molar-refractivity contribution is -0.162. The molecule has 1 aromatic carbocycles. The molecule has 21 heavy (non-hydrogen) atoms. The zero-order chi connectivity index (χ0) is 15.4. The summed E-state index contributed by atoms with van der Waals surface area (Å²) in [4.78, 5) is 25.5. The normalized spacial score (nSPS) is 22.2. The summed E-state index contributed by atoms with van der Waals surface area (Å²) in [6.07, 6.45) is -0.0289. The van der Waals surface area contributed by atoms with Crippen molar-refractivity contribution in [2.24, 2.45) is 0 Å². The zero-order valence-electron chi connectivity index (χ0n) is 12.1. The maximum atomic E-state index is 13.4. The molecule has 0 spiro atoms. The van der Waals surface area contributed by atoms with E-state index in [0.29, 0.717) is 12.1 Å². The van der Waals surface area contributed by atoms with Gasteiger partial charge in [0.1, 0.15) is 12.4 Å². The highest BCUT2D eigenvalue weighted by Gasteiger charge is 2.39. The van der Waals surface area contributed by atoms with E-state index in [9.17, 15) is 14.0 Å². The molecule has 0 saturated carbocycles. The van der Waals surface area contributed by atoms with Crippen LogP contribution in [0.2, 0.25) is 0 Å². The second-order valence-corrected chi connectivity index (χ2v) is 5.03. The fraction of sp³-hybridized carbons (Fsp3) is 0.467. The van der Waals surface area contributed by atoms with Crippen LogP contribution in [0.15, 0.2) is 24.3 Å². The molecule has 5 nitrogen and oxygen atoms in total. The number of benzene rings is 1. The van der Waals surface area contributed by atoms with E-state index in [1.54, 1.807) is 19.2 Å². The topological polar surface area (TPSA) is 58.6 Å². The molecule has 1 heterocycles. The van der Waals surface area contributed by atoms with E-state index in [1.165, 1.54) is 17.0 Å². The molecule has 2 atom stereocenters. The van der Waals surface area contributed by atoms with Crippen LogP contribution in [0, 0.1) is 5.82 Å². The van der Waals surface area contributed by atoms with Gasteiger partial charge in [-0.2, -0.15) is 0 Å². The lowest BCUT2D eigenvalue weighted by Gasteiger charge is -2.38. The average Bonchev–Trinajstić information content (AvgIpc) is 2.47. The maximum Gasteiger partial charge on any atom is 0.251 e. The van der Waals surface area contributed by atoms with Gasteiger partial charge in [-0.3, -0.25) is 9.59 Å². The summed E-state index contributed by atoms with van der Waals surface area (Å²) in [6.45, 7) is 2.33. The van der Waals surface area contributed by atoms with Crippen LogP contribution in [0.3, 0.4) is 0 Å². The van der Waals surface area contributed by atoms with Gasteiger partial charge in [0.05, 0.1) is 6.04 Å². The summed E-state index contributed by atoms with van der Waals surface area (Å²) < 4.78 is 18.8. The highest BCUT2D eigenvalue weighted by Crippen LogP contribution is 2.29. The summed E-state index contributed by atoms with van der Waals surface area (Å²) >= 11 is 0. The van der Waals surface area contributed by atoms with Gasteiger partial charge >= 0.3 is 0 Å². The summed E-state index contributed by atoms with van der Waals surface area (Å²) in [5.74, 6) is -0.930. The predicted octanol–water partition coefficient (Wildman–Crippen LogP) is 1.25. The summed E-state index contributed by atoms with van der Waals surface area (Å²) in [7, 11) is 1.60. The van der Waals surface area contributed by atoms with Crippen molar-refractivity contribution in [1.29, 1.82) is 0 Å². The van der Waals surface area contributed by atoms with E-state index >= 15 is 0 Å². The quantitative estimate of drug-likeness (QED) is 0.909. The summed E-state index contributed by atoms with van der Waals surface area (Å²) in [5.41, 5.74) is 0.544. The molecule has 1 aliphatic rings. The van der Waals surface area contributed by atoms with Crippen LogP contribution in [0.5, 0.6) is 0 Å². The van der Waals surface area contributed by atoms with Crippen molar-refractivity contribution in [2.75, 3.05) is 20.2 Å². The Balaban J connectivity index is 2.29. The van der Waals surface area contributed by atoms with Crippen LogP contribution >= 0.6 is 0 Å². The van der Waals surface area contributed by atoms with Crippen LogP contribution < -0.4 is 5.32 Å². The Morgan fingerprint density at radius 1 is 1.52 bits per heavy atom. The number of likely N-dealkylation sites (N-methyl/N-ethyl adjacent to an activating group) is 1. The number of hydrogen-bond donors (Lipinski definition) is 1. The molecule has 0 aromatic heterocycles. The van der Waals surface area contributed by atoms with E-state index in [4.69, 9.17) is 4.74 Å². The smallest absolute Gasteiger partial charge is 0.251 e. The van der Waals surface area contributed by atoms with Crippen LogP contribution in [0.25, 0.3) is 0 Å². The standard InChI is InChI=1S/C15H19FN2O3/c1-3-7-17-15(20)14-13(18(2)12(19)9-21-14)10-5-4-6-11(16)8-10/h4-6,8,13-14H,3,7,9H2,1-2H3,(H,17,20). The van der Waals surface area contributed by atoms with Crippen molar-refractivity contribution in [3.63, 3.8) is 0 Å². The second-order valence-electron chi connectivity index (χ2n) is 5.03. The first-order valence-corrected chi connectivity index (χ1v) is 6.95. The highest BCUT2D eigenvalue weighted by molar-refractivity contribution is 5.86. The number of carbonyl (C=O) groups excluding carboxylic acids is 2. The number of morpholine rings is 1. The van der Waals surface area contributed by atoms with Gasteiger partial charge in [-0.05, 0) is 24.1 Å². The van der Waals surface area contributed by atoms with E-state index < -0.39 is 18.0 Å². The second kappa shape index (κ2) is 6.67. The number of carbonyl (C=O) groups is 2. The molecule has 1 N–H and O–H groups in total. The van der Waals surface area contributed by atoms with Crippen molar-refractivity contribution in [3.05, 3.63) is 35.6 Å². The van der Waals surface area contributed by atoms with Crippen molar-refractivity contribution in [2.45, 2.75) is 25.5 Å². The minimum absolute atomic E-state index is 0.146. The lowest BCUT2D eigenvalue weighted by atomic mass is 9.97. The molecule has 0 aliphatic carbocycles. The van der Waals surface area contributed by atoms with Crippen LogP contribution in [-0.4, -0.2) is 43.0 Å². The third kappa shape index (κ3) is 3.39. The average molecular weight is 294 g/mol. The Hall–Kier alpha value is -1.95. The van der Waals surface area contributed by atoms with Gasteiger partial charge in [0.25, 0.3) is 5.91 Å². The van der Waals surface area contributed by atoms with Gasteiger partial charge in [0.15, 0.2) is 6.10 Å². The Labute approximate surface area is 123 Å². The maximum absolute atomic E-state index is 13.4. The number of rotatable bonds is 4. The van der Waals surface area contributed by atoms with E-state index in [2.05, 4.69) is 5.32 Å². The number of halogens is 1. The van der Waals surface area contributed by atoms with Crippen LogP contribution in [-0.2, 0) is 14.3 Å². The molecule has 2 amide bonds. The first-order valence-electron chi connectivity index (χ1n) is 6.95. The fourth-order valence-electron chi connectivity index (χ4n) is 2.37. The largest absolute Gasteiger partial charge is 0.356 e. The zero-order valence-corrected chi connectivity index (χ0v) is 12.1. The predicted molar refractivity (Wildman–Crippen MR) is 75.0 cm³/mol. The van der Waals surface area contributed by atoms with Gasteiger partial charge in [0.2, 0.25) is 5.91 Å². The van der Waals surface area contributed by atoms with Crippen molar-refractivity contribution in [3.8, 4) is 0 Å². The van der Waals surface area contributed by atoms with Crippen molar-refractivity contribution in [1.82, 2.24) is 10.2 Å². The summed E-state index contributed by atoms with van der Waals surface area (Å²) in [6, 6.07) is 5.26. The molecule has 0 bridgehead atoms. The van der Waals surface area contributed by atoms with Gasteiger partial charge < -0.3 is 15.0 Å². The van der Waals surface area contributed by atoms with Gasteiger partial charge in [0, 0.05) is 13.6 Å². The van der Waals surface area contributed by atoms with Gasteiger partial charge in [-0.25, -0.2) is 4.39 Å². The SMILES string of the molecule is CCCNC(=O)C1OCC(=O)N(C)C1c1cccc(F)c1. The third-order valence-corrected chi connectivity index (χ3v) is 3.48. The first kappa shape index (κ1) is 15.4. The number of nitrogens with one attached hydrogen (secondary N) is 1. The molecular formula is C15H19FN2O3. The van der Waals surface area contributed by atoms with E-state index in [0.717, 1.165) is 6.42 Å². The number of ether oxygens (including phenoxy) is 1. The minimum atomic E-state index is -0.832. The molecule has 6 heteroatoms. The Morgan fingerprint density at radius 3 is 2.95 bits per heavy atom.